The van der Waals surface area contributed by atoms with E-state index in [9.17, 15) is 9.59 Å². The highest BCUT2D eigenvalue weighted by atomic mass is 32.2. The Balaban J connectivity index is 2.79. The van der Waals surface area contributed by atoms with Crippen LogP contribution in [0.25, 0.3) is 0 Å². The zero-order valence-corrected chi connectivity index (χ0v) is 14.7. The number of hydrogen-bond donors (Lipinski definition) is 3. The largest absolute Gasteiger partial charge is 0.480 e. The molecule has 1 aromatic carbocycles. The minimum absolute atomic E-state index is 0.177. The van der Waals surface area contributed by atoms with Crippen molar-refractivity contribution in [3.8, 4) is 6.07 Å². The van der Waals surface area contributed by atoms with Gasteiger partial charge in [0.15, 0.2) is 0 Å². The quantitative estimate of drug-likeness (QED) is 0.493. The van der Waals surface area contributed by atoms with Crippen LogP contribution in [0.3, 0.4) is 0 Å². The molecule has 0 saturated carbocycles. The molecule has 0 bridgehead atoms. The van der Waals surface area contributed by atoms with Gasteiger partial charge in [0.25, 0.3) is 5.91 Å². The number of carbonyl (C=O) groups is 2. The van der Waals surface area contributed by atoms with Crippen LogP contribution >= 0.6 is 11.8 Å². The van der Waals surface area contributed by atoms with Crippen LogP contribution in [0.4, 0.5) is 5.69 Å². The van der Waals surface area contributed by atoms with E-state index in [-0.39, 0.29) is 5.57 Å². The maximum absolute atomic E-state index is 12.1. The lowest BCUT2D eigenvalue weighted by molar-refractivity contribution is -0.141. The van der Waals surface area contributed by atoms with Crippen molar-refractivity contribution in [3.63, 3.8) is 0 Å². The molecule has 24 heavy (non-hydrogen) atoms. The van der Waals surface area contributed by atoms with Crippen LogP contribution in [0.15, 0.2) is 30.0 Å². The Morgan fingerprint density at radius 3 is 2.62 bits per heavy atom. The molecule has 0 aromatic heterocycles. The van der Waals surface area contributed by atoms with E-state index in [1.54, 1.807) is 6.07 Å². The maximum Gasteiger partial charge on any atom is 0.326 e. The van der Waals surface area contributed by atoms with Crippen molar-refractivity contribution < 1.29 is 14.7 Å². The molecule has 128 valence electrons. The first kappa shape index (κ1) is 19.6. The van der Waals surface area contributed by atoms with Gasteiger partial charge in [0, 0.05) is 11.9 Å². The molecular formula is C17H21N3O3S. The Morgan fingerprint density at radius 1 is 1.38 bits per heavy atom. The first-order valence-electron chi connectivity index (χ1n) is 7.35. The number of hydrogen-bond acceptors (Lipinski definition) is 5. The highest BCUT2D eigenvalue weighted by Crippen LogP contribution is 2.14. The molecule has 0 saturated heterocycles. The van der Waals surface area contributed by atoms with E-state index >= 15 is 0 Å². The number of carboxylic acid groups (broad SMARTS) is 1. The predicted molar refractivity (Wildman–Crippen MR) is 95.8 cm³/mol. The fraction of sp³-hybridized carbons (Fsp3) is 0.353. The number of thioether (sulfide) groups is 1. The molecule has 7 heteroatoms. The molecule has 0 fully saturated rings. The van der Waals surface area contributed by atoms with E-state index in [0.29, 0.717) is 12.2 Å². The number of nitrogens with zero attached hydrogens (tertiary/aromatic N) is 1. The molecule has 0 aliphatic rings. The van der Waals surface area contributed by atoms with Gasteiger partial charge in [0.2, 0.25) is 0 Å². The summed E-state index contributed by atoms with van der Waals surface area (Å²) in [6.45, 7) is 3.95. The number of benzene rings is 1. The molecule has 6 nitrogen and oxygen atoms in total. The summed E-state index contributed by atoms with van der Waals surface area (Å²) in [6.07, 6.45) is 3.44. The van der Waals surface area contributed by atoms with Gasteiger partial charge in [-0.15, -0.1) is 0 Å². The summed E-state index contributed by atoms with van der Waals surface area (Å²) in [6, 6.07) is 6.44. The third kappa shape index (κ3) is 5.97. The second-order valence-corrected chi connectivity index (χ2v) is 6.24. The van der Waals surface area contributed by atoms with Gasteiger partial charge in [-0.3, -0.25) is 4.79 Å². The van der Waals surface area contributed by atoms with Gasteiger partial charge in [0.05, 0.1) is 0 Å². The van der Waals surface area contributed by atoms with Crippen LogP contribution in [0.1, 0.15) is 17.5 Å². The van der Waals surface area contributed by atoms with Crippen molar-refractivity contribution in [2.45, 2.75) is 26.3 Å². The van der Waals surface area contributed by atoms with E-state index in [2.05, 4.69) is 10.6 Å². The first-order chi connectivity index (χ1) is 11.4. The van der Waals surface area contributed by atoms with Gasteiger partial charge in [0.1, 0.15) is 17.7 Å². The van der Waals surface area contributed by atoms with Gasteiger partial charge in [-0.25, -0.2) is 4.79 Å². The number of aliphatic carboxylic acids is 1. The average molecular weight is 347 g/mol. The number of nitriles is 1. The predicted octanol–water partition coefficient (Wildman–Crippen LogP) is 2.45. The van der Waals surface area contributed by atoms with E-state index in [4.69, 9.17) is 10.4 Å². The molecule has 1 amide bonds. The van der Waals surface area contributed by atoms with Crippen LogP contribution in [0.5, 0.6) is 0 Å². The standard InChI is InChI=1S/C17H21N3O3S/c1-11-4-5-14(8-12(11)2)19-10-13(9-18)16(21)20-15(17(22)23)6-7-24-3/h4-5,8,10,15,19H,6-7H2,1-3H3,(H,20,21)(H,22,23)/b13-10-. The summed E-state index contributed by atoms with van der Waals surface area (Å²) in [5.41, 5.74) is 2.79. The zero-order valence-electron chi connectivity index (χ0n) is 13.9. The summed E-state index contributed by atoms with van der Waals surface area (Å²) in [5.74, 6) is -1.22. The number of nitrogens with one attached hydrogen (secondary N) is 2. The Labute approximate surface area is 145 Å². The summed E-state index contributed by atoms with van der Waals surface area (Å²) < 4.78 is 0. The molecule has 0 radical (unpaired) electrons. The summed E-state index contributed by atoms with van der Waals surface area (Å²) in [7, 11) is 0. The summed E-state index contributed by atoms with van der Waals surface area (Å²) >= 11 is 1.49. The number of carbonyl (C=O) groups excluding carboxylic acids is 1. The Morgan fingerprint density at radius 2 is 2.08 bits per heavy atom. The highest BCUT2D eigenvalue weighted by molar-refractivity contribution is 7.98. The fourth-order valence-corrected chi connectivity index (χ4v) is 2.34. The van der Waals surface area contributed by atoms with Gasteiger partial charge < -0.3 is 15.7 Å². The molecule has 1 unspecified atom stereocenters. The number of anilines is 1. The van der Waals surface area contributed by atoms with Gasteiger partial charge in [-0.1, -0.05) is 6.07 Å². The normalized spacial score (nSPS) is 12.2. The molecule has 0 aliphatic heterocycles. The first-order valence-corrected chi connectivity index (χ1v) is 8.75. The van der Waals surface area contributed by atoms with E-state index in [1.165, 1.54) is 18.0 Å². The number of aryl methyl sites for hydroxylation is 2. The van der Waals surface area contributed by atoms with Crippen molar-refractivity contribution in [2.24, 2.45) is 0 Å². The number of carboxylic acids is 1. The molecule has 0 aliphatic carbocycles. The molecular weight excluding hydrogens is 326 g/mol. The molecule has 0 spiro atoms. The molecule has 1 aromatic rings. The fourth-order valence-electron chi connectivity index (χ4n) is 1.86. The van der Waals surface area contributed by atoms with E-state index in [1.807, 2.05) is 38.3 Å². The van der Waals surface area contributed by atoms with Crippen LogP contribution in [-0.2, 0) is 9.59 Å². The van der Waals surface area contributed by atoms with E-state index < -0.39 is 17.9 Å². The molecule has 1 atom stereocenters. The monoisotopic (exact) mass is 347 g/mol. The highest BCUT2D eigenvalue weighted by Gasteiger charge is 2.21. The minimum atomic E-state index is -1.11. The smallest absolute Gasteiger partial charge is 0.326 e. The molecule has 1 rings (SSSR count). The average Bonchev–Trinajstić information content (AvgIpc) is 2.54. The van der Waals surface area contributed by atoms with Crippen molar-refractivity contribution in [1.82, 2.24) is 5.32 Å². The van der Waals surface area contributed by atoms with Crippen LogP contribution in [0, 0.1) is 25.2 Å². The number of rotatable bonds is 8. The topological polar surface area (TPSA) is 102 Å². The third-order valence-corrected chi connectivity index (χ3v) is 4.11. The summed E-state index contributed by atoms with van der Waals surface area (Å²) in [4.78, 5) is 23.2. The van der Waals surface area contributed by atoms with Crippen LogP contribution in [-0.4, -0.2) is 35.0 Å². The number of amides is 1. The lowest BCUT2D eigenvalue weighted by atomic mass is 10.1. The molecule has 3 N–H and O–H groups in total. The van der Waals surface area contributed by atoms with Crippen molar-refractivity contribution in [2.75, 3.05) is 17.3 Å². The zero-order chi connectivity index (χ0) is 18.1. The van der Waals surface area contributed by atoms with Gasteiger partial charge in [-0.05, 0) is 55.5 Å². The summed E-state index contributed by atoms with van der Waals surface area (Å²) in [5, 5.41) is 23.5. The van der Waals surface area contributed by atoms with Crippen LogP contribution in [0.2, 0.25) is 0 Å². The SMILES string of the molecule is CSCCC(NC(=O)/C(C#N)=C\Nc1ccc(C)c(C)c1)C(=O)O. The lowest BCUT2D eigenvalue weighted by Crippen LogP contribution is -2.41. The minimum Gasteiger partial charge on any atom is -0.480 e. The third-order valence-electron chi connectivity index (χ3n) is 3.47. The van der Waals surface area contributed by atoms with E-state index in [0.717, 1.165) is 16.8 Å². The molecule has 0 heterocycles. The lowest BCUT2D eigenvalue weighted by Gasteiger charge is -2.13. The maximum atomic E-state index is 12.1. The second kappa shape index (κ2) is 9.63. The Kier molecular flexibility index (Phi) is 7.86. The van der Waals surface area contributed by atoms with Gasteiger partial charge >= 0.3 is 5.97 Å². The Bertz CT molecular complexity index is 680. The second-order valence-electron chi connectivity index (χ2n) is 5.26. The van der Waals surface area contributed by atoms with Crippen molar-refractivity contribution >= 4 is 29.3 Å². The van der Waals surface area contributed by atoms with Gasteiger partial charge in [-0.2, -0.15) is 17.0 Å². The Hall–Kier alpha value is -2.46. The van der Waals surface area contributed by atoms with Crippen LogP contribution < -0.4 is 10.6 Å². The van der Waals surface area contributed by atoms with Crippen molar-refractivity contribution in [3.05, 3.63) is 41.1 Å². The van der Waals surface area contributed by atoms with Crippen molar-refractivity contribution in [1.29, 1.82) is 5.26 Å².